The van der Waals surface area contributed by atoms with E-state index in [1.54, 1.807) is 30.3 Å². The molecule has 0 saturated carbocycles. The number of anilines is 1. The molecule has 0 spiro atoms. The van der Waals surface area contributed by atoms with E-state index >= 15 is 0 Å². The first kappa shape index (κ1) is 20.2. The Morgan fingerprint density at radius 3 is 2.73 bits per heavy atom. The molecule has 1 N–H and O–H groups in total. The first-order valence-corrected chi connectivity index (χ1v) is 8.63. The molecular weight excluding hydrogens is 390 g/mol. The number of nitro benzene ring substituents is 1. The smallest absolute Gasteiger partial charge is 0.270 e. The number of methoxy groups -OCH3 is 1. The molecule has 10 heteroatoms. The fourth-order valence-electron chi connectivity index (χ4n) is 2.74. The summed E-state index contributed by atoms with van der Waals surface area (Å²) in [4.78, 5) is 34.8. The SMILES string of the molecule is COc1ccccc1-c1ccc(=O)n(CC(=O)Nc2ccc([N+](=O)[O-])cc2C#N)n1. The van der Waals surface area contributed by atoms with Crippen LogP contribution in [0.1, 0.15) is 5.56 Å². The highest BCUT2D eigenvalue weighted by molar-refractivity contribution is 5.92. The Hall–Kier alpha value is -4.52. The van der Waals surface area contributed by atoms with Crippen molar-refractivity contribution in [3.63, 3.8) is 0 Å². The molecule has 1 heterocycles. The van der Waals surface area contributed by atoms with Gasteiger partial charge < -0.3 is 10.1 Å². The maximum absolute atomic E-state index is 12.4. The van der Waals surface area contributed by atoms with Crippen LogP contribution in [0.25, 0.3) is 11.3 Å². The van der Waals surface area contributed by atoms with Crippen LogP contribution in [0.5, 0.6) is 5.75 Å². The summed E-state index contributed by atoms with van der Waals surface area (Å²) < 4.78 is 6.28. The third-order valence-corrected chi connectivity index (χ3v) is 4.15. The zero-order valence-corrected chi connectivity index (χ0v) is 15.7. The second kappa shape index (κ2) is 8.66. The number of carbonyl (C=O) groups excluding carboxylic acids is 1. The van der Waals surface area contributed by atoms with E-state index in [-0.39, 0.29) is 16.9 Å². The quantitative estimate of drug-likeness (QED) is 0.490. The van der Waals surface area contributed by atoms with E-state index in [0.717, 1.165) is 10.7 Å². The van der Waals surface area contributed by atoms with Gasteiger partial charge in [0, 0.05) is 23.8 Å². The van der Waals surface area contributed by atoms with Gasteiger partial charge in [0.2, 0.25) is 5.91 Å². The molecular formula is C20H15N5O5. The lowest BCUT2D eigenvalue weighted by molar-refractivity contribution is -0.384. The molecule has 0 bridgehead atoms. The number of hydrogen-bond donors (Lipinski definition) is 1. The number of ether oxygens (including phenoxy) is 1. The van der Waals surface area contributed by atoms with Crippen molar-refractivity contribution in [2.24, 2.45) is 0 Å². The van der Waals surface area contributed by atoms with Crippen molar-refractivity contribution in [1.82, 2.24) is 9.78 Å². The van der Waals surface area contributed by atoms with E-state index in [1.807, 2.05) is 0 Å². The van der Waals surface area contributed by atoms with E-state index < -0.39 is 22.9 Å². The summed E-state index contributed by atoms with van der Waals surface area (Å²) in [6.45, 7) is -0.413. The topological polar surface area (TPSA) is 140 Å². The number of carbonyl (C=O) groups is 1. The fraction of sp³-hybridized carbons (Fsp3) is 0.100. The van der Waals surface area contributed by atoms with Crippen molar-refractivity contribution in [3.8, 4) is 23.1 Å². The number of non-ortho nitro benzene ring substituents is 1. The van der Waals surface area contributed by atoms with Gasteiger partial charge in [-0.2, -0.15) is 10.4 Å². The summed E-state index contributed by atoms with van der Waals surface area (Å²) in [6, 6.07) is 15.2. The number of hydrogen-bond acceptors (Lipinski definition) is 7. The van der Waals surface area contributed by atoms with Crippen molar-refractivity contribution >= 4 is 17.3 Å². The van der Waals surface area contributed by atoms with Crippen LogP contribution in [0.2, 0.25) is 0 Å². The maximum Gasteiger partial charge on any atom is 0.270 e. The second-order valence-corrected chi connectivity index (χ2v) is 6.06. The first-order valence-electron chi connectivity index (χ1n) is 8.63. The Labute approximate surface area is 170 Å². The largest absolute Gasteiger partial charge is 0.496 e. The summed E-state index contributed by atoms with van der Waals surface area (Å²) in [5.41, 5.74) is 0.354. The molecule has 0 aliphatic heterocycles. The van der Waals surface area contributed by atoms with E-state index in [1.165, 1.54) is 31.4 Å². The van der Waals surface area contributed by atoms with E-state index in [4.69, 9.17) is 4.74 Å². The molecule has 10 nitrogen and oxygen atoms in total. The predicted octanol–water partition coefficient (Wildman–Crippen LogP) is 2.34. The molecule has 3 aromatic rings. The summed E-state index contributed by atoms with van der Waals surface area (Å²) in [7, 11) is 1.51. The normalized spacial score (nSPS) is 10.1. The van der Waals surface area contributed by atoms with Crippen molar-refractivity contribution in [2.75, 3.05) is 12.4 Å². The van der Waals surface area contributed by atoms with Gasteiger partial charge in [0.05, 0.1) is 29.0 Å². The van der Waals surface area contributed by atoms with Crippen LogP contribution in [0, 0.1) is 21.4 Å². The predicted molar refractivity (Wildman–Crippen MR) is 107 cm³/mol. The zero-order chi connectivity index (χ0) is 21.7. The first-order chi connectivity index (χ1) is 14.4. The standard InChI is InChI=1S/C20H15N5O5/c1-30-18-5-3-2-4-15(18)17-8-9-20(27)24(23-17)12-19(26)22-16-7-6-14(25(28)29)10-13(16)11-21/h2-10H,12H2,1H3,(H,22,26). The van der Waals surface area contributed by atoms with Gasteiger partial charge in [-0.25, -0.2) is 4.68 Å². The third-order valence-electron chi connectivity index (χ3n) is 4.15. The lowest BCUT2D eigenvalue weighted by atomic mass is 10.1. The molecule has 150 valence electrons. The molecule has 1 aromatic heterocycles. The fourth-order valence-corrected chi connectivity index (χ4v) is 2.74. The minimum atomic E-state index is -0.640. The molecule has 2 aromatic carbocycles. The van der Waals surface area contributed by atoms with Gasteiger partial charge in [0.1, 0.15) is 18.4 Å². The van der Waals surface area contributed by atoms with Gasteiger partial charge in [0.25, 0.3) is 11.2 Å². The molecule has 0 aliphatic carbocycles. The van der Waals surface area contributed by atoms with Crippen molar-refractivity contribution < 1.29 is 14.5 Å². The number of nitro groups is 1. The lowest BCUT2D eigenvalue weighted by Gasteiger charge is -2.11. The second-order valence-electron chi connectivity index (χ2n) is 6.06. The van der Waals surface area contributed by atoms with Crippen molar-refractivity contribution in [3.05, 3.63) is 80.6 Å². The maximum atomic E-state index is 12.4. The minimum absolute atomic E-state index is 0.0689. The van der Waals surface area contributed by atoms with Crippen LogP contribution < -0.4 is 15.6 Å². The number of nitrogens with zero attached hydrogens (tertiary/aromatic N) is 4. The van der Waals surface area contributed by atoms with Crippen molar-refractivity contribution in [2.45, 2.75) is 6.54 Å². The Balaban J connectivity index is 1.85. The summed E-state index contributed by atoms with van der Waals surface area (Å²) >= 11 is 0. The third kappa shape index (κ3) is 4.31. The molecule has 0 saturated heterocycles. The van der Waals surface area contributed by atoms with Gasteiger partial charge in [-0.15, -0.1) is 0 Å². The Morgan fingerprint density at radius 2 is 2.03 bits per heavy atom. The van der Waals surface area contributed by atoms with Gasteiger partial charge in [-0.05, 0) is 24.3 Å². The van der Waals surface area contributed by atoms with E-state index in [0.29, 0.717) is 17.0 Å². The number of nitrogens with one attached hydrogen (secondary N) is 1. The lowest BCUT2D eigenvalue weighted by Crippen LogP contribution is -2.29. The molecule has 0 aliphatic rings. The van der Waals surface area contributed by atoms with E-state index in [9.17, 15) is 25.0 Å². The van der Waals surface area contributed by atoms with Crippen LogP contribution in [0.3, 0.4) is 0 Å². The number of rotatable bonds is 6. The van der Waals surface area contributed by atoms with Crippen LogP contribution in [-0.2, 0) is 11.3 Å². The number of benzene rings is 2. The molecule has 0 fully saturated rings. The van der Waals surface area contributed by atoms with Gasteiger partial charge in [-0.1, -0.05) is 12.1 Å². The highest BCUT2D eigenvalue weighted by Crippen LogP contribution is 2.27. The molecule has 3 rings (SSSR count). The Kier molecular flexibility index (Phi) is 5.84. The monoisotopic (exact) mass is 405 g/mol. The molecule has 0 atom stereocenters. The summed E-state index contributed by atoms with van der Waals surface area (Å²) in [5, 5.41) is 26.7. The van der Waals surface area contributed by atoms with E-state index in [2.05, 4.69) is 10.4 Å². The number of nitriles is 1. The van der Waals surface area contributed by atoms with Crippen LogP contribution in [0.15, 0.2) is 59.4 Å². The average Bonchev–Trinajstić information content (AvgIpc) is 2.75. The molecule has 1 amide bonds. The summed E-state index contributed by atoms with van der Waals surface area (Å²) in [6.07, 6.45) is 0. The molecule has 0 unspecified atom stereocenters. The summed E-state index contributed by atoms with van der Waals surface area (Å²) in [5.74, 6) is -0.0590. The number of aromatic nitrogens is 2. The molecule has 0 radical (unpaired) electrons. The van der Waals surface area contributed by atoms with Crippen LogP contribution in [-0.4, -0.2) is 27.7 Å². The van der Waals surface area contributed by atoms with Gasteiger partial charge >= 0.3 is 0 Å². The zero-order valence-electron chi connectivity index (χ0n) is 15.7. The number of amides is 1. The van der Waals surface area contributed by atoms with Gasteiger partial charge in [-0.3, -0.25) is 19.7 Å². The Bertz CT molecular complexity index is 1230. The van der Waals surface area contributed by atoms with Crippen molar-refractivity contribution in [1.29, 1.82) is 5.26 Å². The highest BCUT2D eigenvalue weighted by atomic mass is 16.6. The van der Waals surface area contributed by atoms with Crippen LogP contribution >= 0.6 is 0 Å². The average molecular weight is 405 g/mol. The van der Waals surface area contributed by atoms with Crippen LogP contribution in [0.4, 0.5) is 11.4 Å². The highest BCUT2D eigenvalue weighted by Gasteiger charge is 2.15. The minimum Gasteiger partial charge on any atom is -0.496 e. The Morgan fingerprint density at radius 1 is 1.27 bits per heavy atom. The van der Waals surface area contributed by atoms with Gasteiger partial charge in [0.15, 0.2) is 0 Å². The number of para-hydroxylation sites is 1. The molecule has 30 heavy (non-hydrogen) atoms.